The number of nitrogens with zero attached hydrogens (tertiary/aromatic N) is 1. The number of anilines is 1. The van der Waals surface area contributed by atoms with Gasteiger partial charge in [-0.15, -0.1) is 0 Å². The number of fused-ring (bicyclic) bond motifs is 1. The van der Waals surface area contributed by atoms with Gasteiger partial charge in [0, 0.05) is 0 Å². The van der Waals surface area contributed by atoms with Crippen LogP contribution >= 0.6 is 11.3 Å². The molecule has 1 fully saturated rings. The maximum Gasteiger partial charge on any atom is 0.525 e. The van der Waals surface area contributed by atoms with Crippen molar-refractivity contribution in [1.82, 2.24) is 4.98 Å². The van der Waals surface area contributed by atoms with E-state index in [1.807, 2.05) is 45.9 Å². The van der Waals surface area contributed by atoms with Crippen molar-refractivity contribution in [2.24, 2.45) is 0 Å². The lowest BCUT2D eigenvalue weighted by atomic mass is 9.76. The van der Waals surface area contributed by atoms with Gasteiger partial charge in [-0.3, -0.25) is 0 Å². The molecule has 1 atom stereocenters. The number of benzene rings is 1. The van der Waals surface area contributed by atoms with E-state index in [4.69, 9.17) is 15.0 Å². The Bertz CT molecular complexity index is 879. The molecule has 2 aliphatic rings. The van der Waals surface area contributed by atoms with E-state index in [2.05, 4.69) is 17.1 Å². The second-order valence-electron chi connectivity index (χ2n) is 8.26. The molecule has 0 spiro atoms. The lowest BCUT2D eigenvalue weighted by Crippen LogP contribution is -2.41. The minimum absolute atomic E-state index is 0.156. The minimum Gasteiger partial charge on any atom is -0.398 e. The molecule has 1 aromatic carbocycles. The highest BCUT2D eigenvalue weighted by Gasteiger charge is 2.54. The molecule has 7 heteroatoms. The number of rotatable bonds is 2. The molecule has 142 valence electrons. The van der Waals surface area contributed by atoms with Crippen LogP contribution < -0.4 is 5.73 Å². The molecule has 1 aromatic heterocycles. The number of halogens is 1. The van der Waals surface area contributed by atoms with Crippen molar-refractivity contribution < 1.29 is 13.7 Å². The third-order valence-electron chi connectivity index (χ3n) is 5.90. The molecule has 0 saturated carbocycles. The fourth-order valence-corrected chi connectivity index (χ4v) is 4.56. The molecule has 2 N–H and O–H groups in total. The maximum absolute atomic E-state index is 15.6. The molecule has 1 aliphatic carbocycles. The molecule has 4 nitrogen and oxygen atoms in total. The van der Waals surface area contributed by atoms with E-state index in [1.165, 1.54) is 16.9 Å². The average molecular weight is 386 g/mol. The van der Waals surface area contributed by atoms with Gasteiger partial charge in [-0.2, -0.15) is 0 Å². The number of hydrogen-bond donors (Lipinski definition) is 1. The summed E-state index contributed by atoms with van der Waals surface area (Å²) in [7, 11) is -1.00. The Morgan fingerprint density at radius 1 is 1.15 bits per heavy atom. The Morgan fingerprint density at radius 2 is 1.78 bits per heavy atom. The molecule has 2 heterocycles. The van der Waals surface area contributed by atoms with Gasteiger partial charge in [0.05, 0.1) is 21.8 Å². The van der Waals surface area contributed by atoms with Crippen LogP contribution in [-0.2, 0) is 15.7 Å². The number of thiazole rings is 1. The summed E-state index contributed by atoms with van der Waals surface area (Å²) in [5.41, 5.74) is 7.06. The van der Waals surface area contributed by atoms with Crippen LogP contribution in [0.5, 0.6) is 0 Å². The highest BCUT2D eigenvalue weighted by atomic mass is 32.1. The molecule has 4 rings (SSSR count). The smallest absolute Gasteiger partial charge is 0.398 e. The van der Waals surface area contributed by atoms with E-state index in [9.17, 15) is 0 Å². The van der Waals surface area contributed by atoms with Crippen molar-refractivity contribution in [1.29, 1.82) is 0 Å². The van der Waals surface area contributed by atoms with Crippen LogP contribution in [0, 0.1) is 0 Å². The van der Waals surface area contributed by atoms with Crippen molar-refractivity contribution >= 4 is 29.2 Å². The first kappa shape index (κ1) is 18.7. The summed E-state index contributed by atoms with van der Waals surface area (Å²) in [6.07, 6.45) is 1.34. The van der Waals surface area contributed by atoms with Gasteiger partial charge in [0.25, 0.3) is 0 Å². The number of aromatic nitrogens is 1. The van der Waals surface area contributed by atoms with Gasteiger partial charge in [0.2, 0.25) is 0 Å². The molecule has 1 aliphatic heterocycles. The number of hydrogen-bond acceptors (Lipinski definition) is 5. The Morgan fingerprint density at radius 3 is 2.41 bits per heavy atom. The van der Waals surface area contributed by atoms with Gasteiger partial charge in [-0.1, -0.05) is 41.7 Å². The first-order valence-corrected chi connectivity index (χ1v) is 10.0. The molecular formula is C20H24BFN2O2S. The van der Waals surface area contributed by atoms with Gasteiger partial charge in [0.1, 0.15) is 5.73 Å². The van der Waals surface area contributed by atoms with E-state index in [-0.39, 0.29) is 11.6 Å². The molecule has 1 unspecified atom stereocenters. The van der Waals surface area contributed by atoms with Crippen LogP contribution in [0.4, 0.5) is 9.52 Å². The quantitative estimate of drug-likeness (QED) is 0.756. The zero-order chi connectivity index (χ0) is 19.4. The van der Waals surface area contributed by atoms with Crippen molar-refractivity contribution in [2.75, 3.05) is 5.73 Å². The number of allylic oxidation sites excluding steroid dienone is 1. The standard InChI is InChI=1S/C20H24BFN2O2S/c1-19(2)20(3,4)26-21(25-19)17(22)14-10-13(12-8-6-5-7-9-12)11-15-16(14)27-18(23)24-15/h5-9,13H,10-11H2,1-4H3,(H2,23,24). The lowest BCUT2D eigenvalue weighted by Gasteiger charge is -2.32. The molecule has 2 aromatic rings. The van der Waals surface area contributed by atoms with Gasteiger partial charge in [-0.05, 0) is 57.6 Å². The molecule has 0 radical (unpaired) electrons. The largest absolute Gasteiger partial charge is 0.525 e. The average Bonchev–Trinajstić information content (AvgIpc) is 3.09. The SMILES string of the molecule is CC1(C)OB(C(F)=C2CC(c3ccccc3)Cc3nc(N)sc32)OC1(C)C. The van der Waals surface area contributed by atoms with Crippen molar-refractivity contribution in [3.63, 3.8) is 0 Å². The zero-order valence-electron chi connectivity index (χ0n) is 16.1. The van der Waals surface area contributed by atoms with Crippen LogP contribution in [0.2, 0.25) is 0 Å². The Balaban J connectivity index is 1.75. The highest BCUT2D eigenvalue weighted by Crippen LogP contribution is 2.47. The lowest BCUT2D eigenvalue weighted by molar-refractivity contribution is 0.00578. The first-order chi connectivity index (χ1) is 12.7. The third kappa shape index (κ3) is 3.22. The van der Waals surface area contributed by atoms with E-state index in [0.717, 1.165) is 17.0 Å². The monoisotopic (exact) mass is 386 g/mol. The van der Waals surface area contributed by atoms with E-state index >= 15 is 4.39 Å². The summed E-state index contributed by atoms with van der Waals surface area (Å²) in [6.45, 7) is 7.70. The second kappa shape index (κ2) is 6.43. The second-order valence-corrected chi connectivity index (χ2v) is 9.29. The van der Waals surface area contributed by atoms with Crippen molar-refractivity contribution in [2.45, 2.75) is 57.7 Å². The van der Waals surface area contributed by atoms with E-state index < -0.39 is 18.3 Å². The van der Waals surface area contributed by atoms with Gasteiger partial charge in [0.15, 0.2) is 5.13 Å². The molecular weight excluding hydrogens is 362 g/mol. The first-order valence-electron chi connectivity index (χ1n) is 9.22. The Hall–Kier alpha value is -1.70. The molecule has 27 heavy (non-hydrogen) atoms. The van der Waals surface area contributed by atoms with E-state index in [1.54, 1.807) is 0 Å². The normalized spacial score (nSPS) is 25.4. The summed E-state index contributed by atoms with van der Waals surface area (Å²) in [5, 5.41) is 0.466. The Kier molecular flexibility index (Phi) is 4.44. The fraction of sp³-hybridized carbons (Fsp3) is 0.450. The third-order valence-corrected chi connectivity index (χ3v) is 6.88. The topological polar surface area (TPSA) is 57.4 Å². The van der Waals surface area contributed by atoms with Crippen LogP contribution in [0.15, 0.2) is 36.1 Å². The maximum atomic E-state index is 15.6. The summed E-state index contributed by atoms with van der Waals surface area (Å²) in [6, 6.07) is 10.2. The summed E-state index contributed by atoms with van der Waals surface area (Å²) >= 11 is 1.34. The number of nitrogen functional groups attached to an aromatic ring is 1. The van der Waals surface area contributed by atoms with Crippen LogP contribution in [0.25, 0.3) is 5.57 Å². The van der Waals surface area contributed by atoms with Gasteiger partial charge in [-0.25, -0.2) is 9.37 Å². The zero-order valence-corrected chi connectivity index (χ0v) is 16.9. The fourth-order valence-electron chi connectivity index (χ4n) is 3.64. The molecule has 1 saturated heterocycles. The van der Waals surface area contributed by atoms with Gasteiger partial charge < -0.3 is 15.0 Å². The summed E-state index contributed by atoms with van der Waals surface area (Å²) < 4.78 is 27.5. The molecule has 0 amide bonds. The molecule has 0 bridgehead atoms. The van der Waals surface area contributed by atoms with Gasteiger partial charge >= 0.3 is 7.12 Å². The Labute approximate surface area is 163 Å². The number of nitrogens with two attached hydrogens (primary N) is 1. The predicted octanol–water partition coefficient (Wildman–Crippen LogP) is 4.77. The summed E-state index contributed by atoms with van der Waals surface area (Å²) in [4.78, 5) is 5.28. The van der Waals surface area contributed by atoms with E-state index in [0.29, 0.717) is 17.1 Å². The summed E-state index contributed by atoms with van der Waals surface area (Å²) in [5.74, 6) is 0.156. The van der Waals surface area contributed by atoms with Crippen LogP contribution in [0.1, 0.15) is 56.2 Å². The van der Waals surface area contributed by atoms with Crippen LogP contribution in [0.3, 0.4) is 0 Å². The predicted molar refractivity (Wildman–Crippen MR) is 108 cm³/mol. The van der Waals surface area contributed by atoms with Crippen molar-refractivity contribution in [3.05, 3.63) is 52.2 Å². The van der Waals surface area contributed by atoms with Crippen molar-refractivity contribution in [3.8, 4) is 0 Å². The minimum atomic E-state index is -1.00. The van der Waals surface area contributed by atoms with Crippen LogP contribution in [-0.4, -0.2) is 23.3 Å². The highest BCUT2D eigenvalue weighted by molar-refractivity contribution is 7.16.